The van der Waals surface area contributed by atoms with Crippen molar-refractivity contribution in [3.63, 3.8) is 0 Å². The maximum absolute atomic E-state index is 4.46. The van der Waals surface area contributed by atoms with E-state index < -0.39 is 0 Å². The number of aromatic nitrogens is 2. The van der Waals surface area contributed by atoms with Gasteiger partial charge in [-0.1, -0.05) is 13.3 Å². The fourth-order valence-corrected chi connectivity index (χ4v) is 2.32. The highest BCUT2D eigenvalue weighted by Crippen LogP contribution is 2.24. The summed E-state index contributed by atoms with van der Waals surface area (Å²) in [7, 11) is 2.10. The van der Waals surface area contributed by atoms with Crippen LogP contribution in [0.25, 0.3) is 0 Å². The minimum absolute atomic E-state index is 0.891. The molecule has 0 amide bonds. The van der Waals surface area contributed by atoms with Crippen LogP contribution in [0.3, 0.4) is 0 Å². The highest BCUT2D eigenvalue weighted by Gasteiger charge is 2.13. The van der Waals surface area contributed by atoms with Crippen LogP contribution in [-0.2, 0) is 6.42 Å². The third-order valence-corrected chi connectivity index (χ3v) is 3.35. The number of hydrogen-bond donors (Lipinski definition) is 1. The first kappa shape index (κ1) is 15.1. The zero-order chi connectivity index (χ0) is 13.4. The van der Waals surface area contributed by atoms with Crippen LogP contribution >= 0.6 is 11.8 Å². The molecule has 0 atom stereocenters. The van der Waals surface area contributed by atoms with Crippen LogP contribution in [0.5, 0.6) is 0 Å². The predicted octanol–water partition coefficient (Wildman–Crippen LogP) is 2.66. The van der Waals surface area contributed by atoms with Gasteiger partial charge in [-0.25, -0.2) is 9.97 Å². The third kappa shape index (κ3) is 4.05. The summed E-state index contributed by atoms with van der Waals surface area (Å²) in [5.74, 6) is 3.17. The zero-order valence-corrected chi connectivity index (χ0v) is 12.7. The summed E-state index contributed by atoms with van der Waals surface area (Å²) in [5.41, 5.74) is 1.24. The fourth-order valence-electron chi connectivity index (χ4n) is 1.87. The zero-order valence-electron chi connectivity index (χ0n) is 11.9. The fraction of sp³-hybridized carbons (Fsp3) is 0.692. The second-order valence-electron chi connectivity index (χ2n) is 4.22. The van der Waals surface area contributed by atoms with E-state index in [-0.39, 0.29) is 0 Å². The van der Waals surface area contributed by atoms with E-state index in [9.17, 15) is 0 Å². The van der Waals surface area contributed by atoms with Gasteiger partial charge in [-0.2, -0.15) is 11.8 Å². The van der Waals surface area contributed by atoms with Crippen molar-refractivity contribution in [3.05, 3.63) is 11.9 Å². The molecule has 1 aromatic heterocycles. The van der Waals surface area contributed by atoms with Crippen LogP contribution in [0.1, 0.15) is 25.8 Å². The number of nitrogens with one attached hydrogen (secondary N) is 1. The molecule has 0 bridgehead atoms. The van der Waals surface area contributed by atoms with Crippen molar-refractivity contribution in [2.45, 2.75) is 26.7 Å². The number of rotatable bonds is 8. The molecular formula is C13H24N4S. The third-order valence-electron chi connectivity index (χ3n) is 2.76. The molecule has 0 aromatic carbocycles. The lowest BCUT2D eigenvalue weighted by molar-refractivity contribution is 0.861. The molecule has 0 aliphatic carbocycles. The molecule has 1 aromatic rings. The van der Waals surface area contributed by atoms with Crippen molar-refractivity contribution in [2.75, 3.05) is 42.4 Å². The minimum Gasteiger partial charge on any atom is -0.370 e. The van der Waals surface area contributed by atoms with Gasteiger partial charge >= 0.3 is 0 Å². The molecule has 0 radical (unpaired) electrons. The molecule has 0 aliphatic rings. The average molecular weight is 268 g/mol. The second-order valence-corrected chi connectivity index (χ2v) is 5.20. The summed E-state index contributed by atoms with van der Waals surface area (Å²) in [6.45, 7) is 6.19. The Kier molecular flexibility index (Phi) is 6.86. The van der Waals surface area contributed by atoms with Crippen LogP contribution in [0.4, 0.5) is 11.6 Å². The lowest BCUT2D eigenvalue weighted by Crippen LogP contribution is -2.23. The maximum atomic E-state index is 4.46. The average Bonchev–Trinajstić information content (AvgIpc) is 2.38. The van der Waals surface area contributed by atoms with Gasteiger partial charge in [0, 0.05) is 31.5 Å². The highest BCUT2D eigenvalue weighted by atomic mass is 32.2. The van der Waals surface area contributed by atoms with Gasteiger partial charge in [0.2, 0.25) is 0 Å². The van der Waals surface area contributed by atoms with Crippen LogP contribution in [0, 0.1) is 0 Å². The quantitative estimate of drug-likeness (QED) is 0.785. The van der Waals surface area contributed by atoms with Gasteiger partial charge in [-0.05, 0) is 19.6 Å². The Bertz CT molecular complexity index is 357. The standard InChI is InChI=1S/C13H24N4S/c1-5-7-11-12(14-6-2)15-10-16-13(11)17(3)8-9-18-4/h10H,5-9H2,1-4H3,(H,14,15,16). The molecule has 4 nitrogen and oxygen atoms in total. The molecule has 0 aliphatic heterocycles. The van der Waals surface area contributed by atoms with Gasteiger partial charge in [-0.3, -0.25) is 0 Å². The Morgan fingerprint density at radius 3 is 2.72 bits per heavy atom. The maximum Gasteiger partial charge on any atom is 0.137 e. The largest absolute Gasteiger partial charge is 0.370 e. The molecule has 1 N–H and O–H groups in total. The van der Waals surface area contributed by atoms with Gasteiger partial charge in [-0.15, -0.1) is 0 Å². The Morgan fingerprint density at radius 2 is 2.11 bits per heavy atom. The van der Waals surface area contributed by atoms with E-state index in [1.165, 1.54) is 5.56 Å². The molecule has 0 unspecified atom stereocenters. The Morgan fingerprint density at radius 1 is 1.33 bits per heavy atom. The minimum atomic E-state index is 0.891. The molecule has 0 fully saturated rings. The summed E-state index contributed by atoms with van der Waals surface area (Å²) in [6.07, 6.45) is 5.91. The second kappa shape index (κ2) is 8.19. The van der Waals surface area contributed by atoms with E-state index in [1.807, 2.05) is 11.8 Å². The summed E-state index contributed by atoms with van der Waals surface area (Å²) in [5, 5.41) is 3.33. The van der Waals surface area contributed by atoms with Crippen molar-refractivity contribution in [1.82, 2.24) is 9.97 Å². The van der Waals surface area contributed by atoms with Gasteiger partial charge in [0.05, 0.1) is 0 Å². The lowest BCUT2D eigenvalue weighted by atomic mass is 10.1. The normalized spacial score (nSPS) is 10.4. The van der Waals surface area contributed by atoms with E-state index in [0.717, 1.165) is 43.3 Å². The first-order valence-electron chi connectivity index (χ1n) is 6.52. The molecular weight excluding hydrogens is 244 g/mol. The first-order chi connectivity index (χ1) is 8.74. The van der Waals surface area contributed by atoms with Crippen molar-refractivity contribution < 1.29 is 0 Å². The Hall–Kier alpha value is -0.970. The van der Waals surface area contributed by atoms with E-state index in [1.54, 1.807) is 6.33 Å². The molecule has 18 heavy (non-hydrogen) atoms. The topological polar surface area (TPSA) is 41.1 Å². The predicted molar refractivity (Wildman–Crippen MR) is 81.8 cm³/mol. The summed E-state index contributed by atoms with van der Waals surface area (Å²) in [4.78, 5) is 11.0. The Balaban J connectivity index is 2.97. The van der Waals surface area contributed by atoms with Crippen LogP contribution in [-0.4, -0.2) is 42.1 Å². The summed E-state index contributed by atoms with van der Waals surface area (Å²) < 4.78 is 0. The van der Waals surface area contributed by atoms with E-state index in [4.69, 9.17) is 0 Å². The lowest BCUT2D eigenvalue weighted by Gasteiger charge is -2.22. The van der Waals surface area contributed by atoms with Gasteiger partial charge in [0.15, 0.2) is 0 Å². The molecule has 102 valence electrons. The van der Waals surface area contributed by atoms with E-state index in [0.29, 0.717) is 0 Å². The Labute approximate surface area is 115 Å². The van der Waals surface area contributed by atoms with Crippen LogP contribution < -0.4 is 10.2 Å². The van der Waals surface area contributed by atoms with Crippen LogP contribution in [0.15, 0.2) is 6.33 Å². The van der Waals surface area contributed by atoms with Gasteiger partial charge in [0.1, 0.15) is 18.0 Å². The molecule has 0 saturated heterocycles. The molecule has 1 heterocycles. The van der Waals surface area contributed by atoms with Crippen molar-refractivity contribution in [1.29, 1.82) is 0 Å². The summed E-state index contributed by atoms with van der Waals surface area (Å²) in [6, 6.07) is 0. The number of nitrogens with zero attached hydrogens (tertiary/aromatic N) is 3. The van der Waals surface area contributed by atoms with Crippen molar-refractivity contribution >= 4 is 23.4 Å². The number of anilines is 2. The van der Waals surface area contributed by atoms with Crippen LogP contribution in [0.2, 0.25) is 0 Å². The molecule has 5 heteroatoms. The molecule has 1 rings (SSSR count). The van der Waals surface area contributed by atoms with Crippen molar-refractivity contribution in [3.8, 4) is 0 Å². The summed E-state index contributed by atoms with van der Waals surface area (Å²) >= 11 is 1.86. The molecule has 0 spiro atoms. The number of thioether (sulfide) groups is 1. The smallest absolute Gasteiger partial charge is 0.137 e. The van der Waals surface area contributed by atoms with E-state index >= 15 is 0 Å². The first-order valence-corrected chi connectivity index (χ1v) is 7.91. The monoisotopic (exact) mass is 268 g/mol. The number of hydrogen-bond acceptors (Lipinski definition) is 5. The van der Waals surface area contributed by atoms with E-state index in [2.05, 4.69) is 47.3 Å². The van der Waals surface area contributed by atoms with Gasteiger partial charge in [0.25, 0.3) is 0 Å². The SMILES string of the molecule is CCCc1c(NCC)ncnc1N(C)CCSC. The van der Waals surface area contributed by atoms with Gasteiger partial charge < -0.3 is 10.2 Å². The molecule has 0 saturated carbocycles. The van der Waals surface area contributed by atoms with Crippen molar-refractivity contribution in [2.24, 2.45) is 0 Å². The highest BCUT2D eigenvalue weighted by molar-refractivity contribution is 7.98.